The van der Waals surface area contributed by atoms with E-state index in [-0.39, 0.29) is 95.1 Å². The van der Waals surface area contributed by atoms with Gasteiger partial charge in [-0.15, -0.1) is 0 Å². The Kier molecular flexibility index (Phi) is 22.4. The van der Waals surface area contributed by atoms with Crippen molar-refractivity contribution in [2.24, 2.45) is 29.0 Å². The summed E-state index contributed by atoms with van der Waals surface area (Å²) in [7, 11) is 1.49. The summed E-state index contributed by atoms with van der Waals surface area (Å²) in [5.41, 5.74) is 19.8. The molecule has 334 valence electrons. The average Bonchev–Trinajstić information content (AvgIpc) is 3.24. The Morgan fingerprint density at radius 2 is 1.46 bits per heavy atom. The molecule has 0 aromatic heterocycles. The molecule has 1 heterocycles. The van der Waals surface area contributed by atoms with Gasteiger partial charge in [0.25, 0.3) is 0 Å². The van der Waals surface area contributed by atoms with Gasteiger partial charge in [0.15, 0.2) is 11.6 Å². The van der Waals surface area contributed by atoms with Crippen LogP contribution < -0.4 is 32.0 Å². The Labute approximate surface area is 361 Å². The molecule has 0 saturated carbocycles. The first-order valence-electron chi connectivity index (χ1n) is 22.0. The average molecular weight is 845 g/mol. The molecule has 7 N–H and O–H groups in total. The van der Waals surface area contributed by atoms with E-state index in [0.717, 1.165) is 25.7 Å². The lowest BCUT2D eigenvalue weighted by atomic mass is 9.88. The Hall–Kier alpha value is -4.97. The molecule has 2 aromatic carbocycles. The standard InChI is InChI=1S/C47H68N6O8/c1-4-5-6-7-8-9-10-11-13-36(54)31-37(55)29-35(19-21-49)47(59)53(3)45-34-16-18-44(61-25-23-51)39(30-34)38-27-33(15-17-43(38)60-24-22-50)28-40(41(56)14-12-20-48)52-46(58)32(2)26-42(45)57/h15-18,27,30,32,35,40,45H,4-14,19,21-26,28-29,31,49-51H2,1-3H3,(H,52,58)/t32-,35-,40+,45+/m1/s1. The van der Waals surface area contributed by atoms with Gasteiger partial charge in [0.05, 0.1) is 18.5 Å². The number of rotatable bonds is 26. The van der Waals surface area contributed by atoms with Gasteiger partial charge in [-0.25, -0.2) is 0 Å². The molecule has 2 amide bonds. The van der Waals surface area contributed by atoms with Gasteiger partial charge in [0.2, 0.25) is 11.8 Å². The molecule has 0 radical (unpaired) electrons. The summed E-state index contributed by atoms with van der Waals surface area (Å²) in [5, 5.41) is 12.0. The van der Waals surface area contributed by atoms with Crippen molar-refractivity contribution in [2.45, 2.75) is 129 Å². The number of unbranched alkanes of at least 4 members (excludes halogenated alkanes) is 7. The number of nitrogens with two attached hydrogens (primary N) is 3. The van der Waals surface area contributed by atoms with Gasteiger partial charge in [-0.1, -0.05) is 70.9 Å². The molecule has 61 heavy (non-hydrogen) atoms. The maximum atomic E-state index is 14.6. The predicted octanol–water partition coefficient (Wildman–Crippen LogP) is 5.45. The van der Waals surface area contributed by atoms with E-state index in [2.05, 4.69) is 12.2 Å². The van der Waals surface area contributed by atoms with Crippen molar-refractivity contribution in [1.82, 2.24) is 10.2 Å². The molecule has 2 aromatic rings. The van der Waals surface area contributed by atoms with Crippen LogP contribution in [0, 0.1) is 23.2 Å². The molecule has 0 aliphatic carbocycles. The van der Waals surface area contributed by atoms with Crippen molar-refractivity contribution >= 4 is 34.9 Å². The largest absolute Gasteiger partial charge is 0.492 e. The molecule has 0 fully saturated rings. The predicted molar refractivity (Wildman–Crippen MR) is 234 cm³/mol. The van der Waals surface area contributed by atoms with E-state index in [9.17, 15) is 34.0 Å². The zero-order chi connectivity index (χ0) is 44.7. The van der Waals surface area contributed by atoms with Gasteiger partial charge in [-0.3, -0.25) is 28.8 Å². The number of nitrogens with zero attached hydrogens (tertiary/aromatic N) is 2. The molecule has 1 aliphatic heterocycles. The van der Waals surface area contributed by atoms with Crippen LogP contribution in [0.5, 0.6) is 11.5 Å². The number of benzene rings is 2. The summed E-state index contributed by atoms with van der Waals surface area (Å²) in [6.07, 6.45) is 8.34. The van der Waals surface area contributed by atoms with Gasteiger partial charge in [0.1, 0.15) is 42.3 Å². The molecular weight excluding hydrogens is 777 g/mol. The number of fused-ring (bicyclic) bond motifs is 5. The topological polar surface area (TPSA) is 238 Å². The summed E-state index contributed by atoms with van der Waals surface area (Å²) >= 11 is 0. The molecule has 0 saturated heterocycles. The van der Waals surface area contributed by atoms with E-state index in [4.69, 9.17) is 26.7 Å². The van der Waals surface area contributed by atoms with E-state index in [1.54, 1.807) is 37.3 Å². The van der Waals surface area contributed by atoms with Crippen LogP contribution in [0.3, 0.4) is 0 Å². The third-order valence-electron chi connectivity index (χ3n) is 11.1. The molecule has 14 nitrogen and oxygen atoms in total. The minimum atomic E-state index is -1.23. The monoisotopic (exact) mass is 845 g/mol. The lowest BCUT2D eigenvalue weighted by Crippen LogP contribution is -2.46. The van der Waals surface area contributed by atoms with Crippen LogP contribution in [0.2, 0.25) is 0 Å². The maximum Gasteiger partial charge on any atom is 0.226 e. The minimum absolute atomic E-state index is 0.0284. The van der Waals surface area contributed by atoms with Gasteiger partial charge in [-0.2, -0.15) is 5.26 Å². The zero-order valence-corrected chi connectivity index (χ0v) is 36.5. The highest BCUT2D eigenvalue weighted by atomic mass is 16.5. The van der Waals surface area contributed by atoms with Crippen LogP contribution in [0.4, 0.5) is 0 Å². The Balaban J connectivity index is 2.03. The number of hydrogen-bond acceptors (Lipinski definition) is 12. The molecule has 4 atom stereocenters. The molecule has 4 bridgehead atoms. The van der Waals surface area contributed by atoms with Crippen molar-refractivity contribution in [3.05, 3.63) is 47.5 Å². The van der Waals surface area contributed by atoms with Crippen molar-refractivity contribution in [3.8, 4) is 28.7 Å². The highest BCUT2D eigenvalue weighted by Crippen LogP contribution is 2.41. The van der Waals surface area contributed by atoms with E-state index < -0.39 is 41.5 Å². The van der Waals surface area contributed by atoms with Crippen LogP contribution >= 0.6 is 0 Å². The second-order valence-electron chi connectivity index (χ2n) is 16.1. The number of amides is 2. The summed E-state index contributed by atoms with van der Waals surface area (Å²) in [6.45, 7) is 4.63. The molecule has 3 rings (SSSR count). The molecule has 0 spiro atoms. The summed E-state index contributed by atoms with van der Waals surface area (Å²) in [6, 6.07) is 10.2. The fraction of sp³-hybridized carbons (Fsp3) is 0.596. The van der Waals surface area contributed by atoms with Crippen molar-refractivity contribution in [2.75, 3.05) is 39.9 Å². The van der Waals surface area contributed by atoms with Crippen LogP contribution in [-0.2, 0) is 35.2 Å². The molecule has 0 unspecified atom stereocenters. The van der Waals surface area contributed by atoms with Crippen LogP contribution in [-0.4, -0.2) is 85.8 Å². The number of likely N-dealkylation sites (N-methyl/N-ethyl adjacent to an activating group) is 1. The molecular formula is C47H68N6O8. The lowest BCUT2D eigenvalue weighted by molar-refractivity contribution is -0.144. The number of ketones is 4. The minimum Gasteiger partial charge on any atom is -0.492 e. The smallest absolute Gasteiger partial charge is 0.226 e. The van der Waals surface area contributed by atoms with E-state index in [0.29, 0.717) is 40.2 Å². The van der Waals surface area contributed by atoms with Gasteiger partial charge < -0.3 is 36.9 Å². The number of nitriles is 1. The SMILES string of the molecule is CCCCCCCCCCC(=O)CC(=O)C[C@@H](CCN)C(=O)N(C)[C@@H]1C(=O)C[C@@H](C)C(=O)N[C@H](C(=O)CCC#N)Cc2ccc(OCCN)c(c2)-c2cc1ccc2OCCN. The van der Waals surface area contributed by atoms with E-state index in [1.807, 2.05) is 12.1 Å². The number of ether oxygens (including phenoxy) is 2. The maximum absolute atomic E-state index is 14.6. The first-order valence-corrected chi connectivity index (χ1v) is 22.0. The normalized spacial score (nSPS) is 17.0. The highest BCUT2D eigenvalue weighted by molar-refractivity contribution is 6.01. The second-order valence-corrected chi connectivity index (χ2v) is 16.1. The molecule has 1 aliphatic rings. The van der Waals surface area contributed by atoms with Crippen LogP contribution in [0.25, 0.3) is 11.1 Å². The summed E-state index contributed by atoms with van der Waals surface area (Å²) in [5.74, 6) is -3.31. The fourth-order valence-corrected chi connectivity index (χ4v) is 7.75. The Morgan fingerprint density at radius 1 is 0.836 bits per heavy atom. The van der Waals surface area contributed by atoms with Gasteiger partial charge >= 0.3 is 0 Å². The number of carbonyl (C=O) groups is 6. The third kappa shape index (κ3) is 16.1. The number of hydrogen-bond donors (Lipinski definition) is 4. The number of nitrogens with one attached hydrogen (secondary N) is 1. The summed E-state index contributed by atoms with van der Waals surface area (Å²) in [4.78, 5) is 83.5. The molecule has 14 heteroatoms. The van der Waals surface area contributed by atoms with E-state index in [1.165, 1.54) is 37.6 Å². The first kappa shape index (κ1) is 50.4. The zero-order valence-electron chi connectivity index (χ0n) is 36.5. The Bertz CT molecular complexity index is 1830. The Morgan fingerprint density at radius 3 is 2.08 bits per heavy atom. The van der Waals surface area contributed by atoms with Crippen molar-refractivity contribution in [1.29, 1.82) is 5.26 Å². The fourth-order valence-electron chi connectivity index (χ4n) is 7.75. The van der Waals surface area contributed by atoms with Crippen LogP contribution in [0.15, 0.2) is 36.4 Å². The lowest BCUT2D eigenvalue weighted by Gasteiger charge is -2.32. The van der Waals surface area contributed by atoms with Crippen molar-refractivity contribution < 1.29 is 38.2 Å². The number of carbonyl (C=O) groups excluding carboxylic acids is 6. The quantitative estimate of drug-likeness (QED) is 0.0683. The van der Waals surface area contributed by atoms with Crippen molar-refractivity contribution in [3.63, 3.8) is 0 Å². The highest BCUT2D eigenvalue weighted by Gasteiger charge is 2.36. The van der Waals surface area contributed by atoms with E-state index >= 15 is 0 Å². The first-order chi connectivity index (χ1) is 29.4. The summed E-state index contributed by atoms with van der Waals surface area (Å²) < 4.78 is 12.2. The number of Topliss-reactive ketones (excluding diaryl/α,β-unsaturated/α-hetero) is 4. The third-order valence-corrected chi connectivity index (χ3v) is 11.1. The van der Waals surface area contributed by atoms with Gasteiger partial charge in [-0.05, 0) is 61.2 Å². The van der Waals surface area contributed by atoms with Crippen LogP contribution in [0.1, 0.15) is 127 Å². The second kappa shape index (κ2) is 27.1. The van der Waals surface area contributed by atoms with Gasteiger partial charge in [0, 0.05) is 75.2 Å².